The smallest absolute Gasteiger partial charge is 0.282 e. The van der Waals surface area contributed by atoms with Gasteiger partial charge in [-0.25, -0.2) is 4.90 Å². The molecule has 0 aromatic heterocycles. The zero-order valence-electron chi connectivity index (χ0n) is 20.6. The van der Waals surface area contributed by atoms with Gasteiger partial charge in [0.25, 0.3) is 11.8 Å². The Labute approximate surface area is 197 Å². The molecule has 6 nitrogen and oxygen atoms in total. The van der Waals surface area contributed by atoms with E-state index in [-0.39, 0.29) is 17.9 Å². The number of imide groups is 1. The van der Waals surface area contributed by atoms with Gasteiger partial charge < -0.3 is 14.7 Å². The Balaban J connectivity index is 1.82. The zero-order chi connectivity index (χ0) is 23.9. The van der Waals surface area contributed by atoms with Crippen LogP contribution >= 0.6 is 0 Å². The number of carbonyl (C=O) groups is 2. The van der Waals surface area contributed by atoms with Crippen molar-refractivity contribution < 1.29 is 9.59 Å². The Morgan fingerprint density at radius 2 is 1.61 bits per heavy atom. The summed E-state index contributed by atoms with van der Waals surface area (Å²) in [6.07, 6.45) is 1.93. The molecule has 6 heteroatoms. The van der Waals surface area contributed by atoms with Gasteiger partial charge in [-0.05, 0) is 76.2 Å². The van der Waals surface area contributed by atoms with Gasteiger partial charge in [0.05, 0.1) is 11.3 Å². The van der Waals surface area contributed by atoms with E-state index in [9.17, 15) is 9.59 Å². The van der Waals surface area contributed by atoms with Crippen LogP contribution in [0.1, 0.15) is 29.5 Å². The number of piperidine rings is 1. The number of benzene rings is 2. The Kier molecular flexibility index (Phi) is 6.30. The van der Waals surface area contributed by atoms with E-state index < -0.39 is 0 Å². The molecule has 174 valence electrons. The maximum Gasteiger partial charge on any atom is 0.282 e. The van der Waals surface area contributed by atoms with E-state index in [1.54, 1.807) is 0 Å². The Bertz CT molecular complexity index is 1110. The summed E-state index contributed by atoms with van der Waals surface area (Å²) < 4.78 is 0. The van der Waals surface area contributed by atoms with E-state index in [0.717, 1.165) is 48.3 Å². The molecule has 0 saturated carbocycles. The highest BCUT2D eigenvalue weighted by atomic mass is 16.2. The molecular weight excluding hydrogens is 412 g/mol. The van der Waals surface area contributed by atoms with Crippen molar-refractivity contribution in [3.05, 3.63) is 64.9 Å². The molecule has 0 aliphatic carbocycles. The molecule has 1 fully saturated rings. The number of likely N-dealkylation sites (N-methyl/N-ethyl adjacent to an activating group) is 1. The summed E-state index contributed by atoms with van der Waals surface area (Å²) in [6.45, 7) is 6.02. The number of hydrogen-bond acceptors (Lipinski definition) is 5. The van der Waals surface area contributed by atoms with Crippen molar-refractivity contribution in [2.75, 3.05) is 51.1 Å². The highest BCUT2D eigenvalue weighted by molar-refractivity contribution is 6.45. The molecule has 0 spiro atoms. The summed E-state index contributed by atoms with van der Waals surface area (Å²) in [5.74, 6) is -0.495. The molecule has 2 aliphatic heterocycles. The molecule has 0 unspecified atom stereocenters. The van der Waals surface area contributed by atoms with Crippen LogP contribution in [0.3, 0.4) is 0 Å². The molecule has 0 radical (unpaired) electrons. The van der Waals surface area contributed by atoms with Crippen LogP contribution in [0.2, 0.25) is 0 Å². The standard InChI is InChI=1S/C27H34N4O2/c1-18-10-11-23(19(2)16-18)24-25(30(6)20-12-14-29(5)15-13-20)27(33)31(26(24)32)22-9-7-8-21(17-22)28(3)4/h7-11,16-17,20H,12-15H2,1-6H3. The number of nitrogens with zero attached hydrogens (tertiary/aromatic N) is 4. The van der Waals surface area contributed by atoms with Gasteiger partial charge in [-0.1, -0.05) is 29.8 Å². The lowest BCUT2D eigenvalue weighted by Crippen LogP contribution is -2.43. The van der Waals surface area contributed by atoms with Crippen molar-refractivity contribution in [1.29, 1.82) is 0 Å². The van der Waals surface area contributed by atoms with E-state index >= 15 is 0 Å². The maximum atomic E-state index is 13.9. The zero-order valence-corrected chi connectivity index (χ0v) is 20.6. The quantitative estimate of drug-likeness (QED) is 0.656. The average molecular weight is 447 g/mol. The van der Waals surface area contributed by atoms with Crippen LogP contribution in [0.25, 0.3) is 5.57 Å². The lowest BCUT2D eigenvalue weighted by Gasteiger charge is -2.36. The van der Waals surface area contributed by atoms with Crippen LogP contribution in [0.5, 0.6) is 0 Å². The minimum atomic E-state index is -0.252. The van der Waals surface area contributed by atoms with E-state index in [4.69, 9.17) is 0 Å². The molecule has 33 heavy (non-hydrogen) atoms. The number of amides is 2. The van der Waals surface area contributed by atoms with Gasteiger partial charge in [0, 0.05) is 32.9 Å². The summed E-state index contributed by atoms with van der Waals surface area (Å²) in [7, 11) is 8.00. The van der Waals surface area contributed by atoms with Crippen molar-refractivity contribution in [3.8, 4) is 0 Å². The van der Waals surface area contributed by atoms with Crippen LogP contribution in [0.15, 0.2) is 48.2 Å². The van der Waals surface area contributed by atoms with Gasteiger partial charge in [-0.2, -0.15) is 0 Å². The van der Waals surface area contributed by atoms with Crippen LogP contribution in [-0.4, -0.2) is 68.9 Å². The monoisotopic (exact) mass is 446 g/mol. The first-order chi connectivity index (χ1) is 15.7. The van der Waals surface area contributed by atoms with Gasteiger partial charge in [-0.3, -0.25) is 9.59 Å². The van der Waals surface area contributed by atoms with Crippen LogP contribution in [-0.2, 0) is 9.59 Å². The molecule has 1 saturated heterocycles. The fraction of sp³-hybridized carbons (Fsp3) is 0.407. The fourth-order valence-electron chi connectivity index (χ4n) is 4.89. The predicted molar refractivity (Wildman–Crippen MR) is 134 cm³/mol. The third kappa shape index (κ3) is 4.27. The number of likely N-dealkylation sites (tertiary alicyclic amines) is 1. The molecule has 0 atom stereocenters. The second-order valence-electron chi connectivity index (χ2n) is 9.55. The minimum absolute atomic E-state index is 0.224. The first-order valence-corrected chi connectivity index (χ1v) is 11.6. The van der Waals surface area contributed by atoms with Crippen LogP contribution < -0.4 is 9.80 Å². The summed E-state index contributed by atoms with van der Waals surface area (Å²) in [6, 6.07) is 13.9. The first-order valence-electron chi connectivity index (χ1n) is 11.6. The van der Waals surface area contributed by atoms with E-state index in [1.807, 2.05) is 76.3 Å². The van der Waals surface area contributed by atoms with Gasteiger partial charge >= 0.3 is 0 Å². The highest BCUT2D eigenvalue weighted by Crippen LogP contribution is 2.38. The molecular formula is C27H34N4O2. The number of anilines is 2. The Morgan fingerprint density at radius 1 is 0.909 bits per heavy atom. The molecule has 2 amide bonds. The van der Waals surface area contributed by atoms with Crippen molar-refractivity contribution >= 4 is 28.8 Å². The van der Waals surface area contributed by atoms with Crippen molar-refractivity contribution in [3.63, 3.8) is 0 Å². The summed E-state index contributed by atoms with van der Waals surface area (Å²) in [5, 5.41) is 0. The molecule has 0 bridgehead atoms. The molecule has 0 N–H and O–H groups in total. The third-order valence-corrected chi connectivity index (χ3v) is 6.90. The molecule has 2 aromatic carbocycles. The van der Waals surface area contributed by atoms with Gasteiger partial charge in [0.15, 0.2) is 0 Å². The van der Waals surface area contributed by atoms with E-state index in [1.165, 1.54) is 4.90 Å². The summed E-state index contributed by atoms with van der Waals surface area (Å²) >= 11 is 0. The number of hydrogen-bond donors (Lipinski definition) is 0. The summed E-state index contributed by atoms with van der Waals surface area (Å²) in [5.41, 5.74) is 5.54. The average Bonchev–Trinajstić information content (AvgIpc) is 3.03. The van der Waals surface area contributed by atoms with Gasteiger partial charge in [-0.15, -0.1) is 0 Å². The third-order valence-electron chi connectivity index (χ3n) is 6.90. The number of carbonyl (C=O) groups excluding carboxylic acids is 2. The maximum absolute atomic E-state index is 13.9. The normalized spacial score (nSPS) is 17.8. The first kappa shape index (κ1) is 23.1. The van der Waals surface area contributed by atoms with Crippen molar-refractivity contribution in [2.24, 2.45) is 0 Å². The van der Waals surface area contributed by atoms with Crippen molar-refractivity contribution in [2.45, 2.75) is 32.7 Å². The molecule has 2 aliphatic rings. The molecule has 4 rings (SSSR count). The molecule has 2 heterocycles. The Hall–Kier alpha value is -3.12. The second kappa shape index (κ2) is 9.02. The van der Waals surface area contributed by atoms with Gasteiger partial charge in [0.2, 0.25) is 0 Å². The molecule has 2 aromatic rings. The SMILES string of the molecule is Cc1ccc(C2=C(N(C)C3CCN(C)CC3)C(=O)N(c3cccc(N(C)C)c3)C2=O)c(C)c1. The minimum Gasteiger partial charge on any atom is -0.378 e. The van der Waals surface area contributed by atoms with Crippen LogP contribution in [0.4, 0.5) is 11.4 Å². The fourth-order valence-corrected chi connectivity index (χ4v) is 4.89. The van der Waals surface area contributed by atoms with Gasteiger partial charge in [0.1, 0.15) is 5.70 Å². The van der Waals surface area contributed by atoms with Crippen LogP contribution in [0, 0.1) is 13.8 Å². The topological polar surface area (TPSA) is 47.1 Å². The van der Waals surface area contributed by atoms with E-state index in [0.29, 0.717) is 17.0 Å². The van der Waals surface area contributed by atoms with E-state index in [2.05, 4.69) is 22.9 Å². The Morgan fingerprint density at radius 3 is 2.24 bits per heavy atom. The largest absolute Gasteiger partial charge is 0.378 e. The second-order valence-corrected chi connectivity index (χ2v) is 9.55. The summed E-state index contributed by atoms with van der Waals surface area (Å²) in [4.78, 5) is 35.5. The predicted octanol–water partition coefficient (Wildman–Crippen LogP) is 3.68. The lowest BCUT2D eigenvalue weighted by atomic mass is 9.96. The number of rotatable bonds is 5. The highest BCUT2D eigenvalue weighted by Gasteiger charge is 2.43. The lowest BCUT2D eigenvalue weighted by molar-refractivity contribution is -0.120. The van der Waals surface area contributed by atoms with Crippen molar-refractivity contribution in [1.82, 2.24) is 9.80 Å². The number of aryl methyl sites for hydroxylation is 2.